The van der Waals surface area contributed by atoms with Crippen LogP contribution >= 0.6 is 0 Å². The minimum Gasteiger partial charge on any atom is -0.731 e. The second kappa shape index (κ2) is 10.4. The number of benzene rings is 1. The van der Waals surface area contributed by atoms with E-state index in [1.54, 1.807) is 30.3 Å². The largest absolute Gasteiger partial charge is 1.00 e. The molecule has 28 heavy (non-hydrogen) atoms. The summed E-state index contributed by atoms with van der Waals surface area (Å²) in [5, 5.41) is 0. The standard InChI is InChI=1S/C14H18N2O9S2.K/c1-26(19,20)25-11-7-8-16(12(11)13(17)15-27(21,22)23)14(18)24-9-10-5-3-2-4-6-10;/h2-6,11-12H,7-9H2,1H3,(H,15,17)(H,21,22,23);/q;+1/p-1/t11-,12-;/m0./s1. The van der Waals surface area contributed by atoms with Gasteiger partial charge in [0.2, 0.25) is 0 Å². The fraction of sp³-hybridized carbons (Fsp3) is 0.429. The second-order valence-corrected chi connectivity index (χ2v) is 8.44. The van der Waals surface area contributed by atoms with Crippen LogP contribution in [-0.2, 0) is 40.7 Å². The van der Waals surface area contributed by atoms with Crippen molar-refractivity contribution >= 4 is 32.4 Å². The Balaban J connectivity index is 0.00000392. The van der Waals surface area contributed by atoms with E-state index in [9.17, 15) is 31.0 Å². The van der Waals surface area contributed by atoms with Gasteiger partial charge in [-0.1, -0.05) is 30.3 Å². The Labute approximate surface area is 205 Å². The molecule has 0 spiro atoms. The third-order valence-electron chi connectivity index (χ3n) is 3.57. The summed E-state index contributed by atoms with van der Waals surface area (Å²) in [5.41, 5.74) is 0.664. The van der Waals surface area contributed by atoms with Gasteiger partial charge in [-0.2, -0.15) is 8.42 Å². The molecule has 11 nitrogen and oxygen atoms in total. The number of nitrogens with one attached hydrogen (secondary N) is 1. The quantitative estimate of drug-likeness (QED) is 0.256. The van der Waals surface area contributed by atoms with Crippen LogP contribution in [0.3, 0.4) is 0 Å². The van der Waals surface area contributed by atoms with E-state index >= 15 is 0 Å². The fourth-order valence-electron chi connectivity index (χ4n) is 2.59. The summed E-state index contributed by atoms with van der Waals surface area (Å²) in [6.07, 6.45) is -1.68. The maximum atomic E-state index is 12.3. The molecule has 150 valence electrons. The normalized spacial score (nSPS) is 19.6. The van der Waals surface area contributed by atoms with Crippen molar-refractivity contribution in [1.29, 1.82) is 0 Å². The summed E-state index contributed by atoms with van der Waals surface area (Å²) in [6, 6.07) is 6.95. The molecule has 2 rings (SSSR count). The molecule has 1 aromatic rings. The molecule has 1 aliphatic rings. The van der Waals surface area contributed by atoms with Crippen LogP contribution in [0.2, 0.25) is 0 Å². The van der Waals surface area contributed by atoms with Gasteiger partial charge in [0, 0.05) is 6.54 Å². The van der Waals surface area contributed by atoms with Crippen molar-refractivity contribution in [1.82, 2.24) is 9.62 Å². The van der Waals surface area contributed by atoms with Gasteiger partial charge in [0.05, 0.1) is 6.26 Å². The molecule has 1 saturated heterocycles. The predicted octanol–water partition coefficient (Wildman–Crippen LogP) is -3.68. The minimum atomic E-state index is -5.17. The van der Waals surface area contributed by atoms with E-state index < -0.39 is 44.6 Å². The summed E-state index contributed by atoms with van der Waals surface area (Å²) in [4.78, 5) is 25.3. The molecule has 14 heteroatoms. The van der Waals surface area contributed by atoms with E-state index in [1.165, 1.54) is 4.72 Å². The van der Waals surface area contributed by atoms with Crippen LogP contribution < -0.4 is 56.1 Å². The van der Waals surface area contributed by atoms with Crippen LogP contribution in [0, 0.1) is 0 Å². The van der Waals surface area contributed by atoms with E-state index in [0.717, 1.165) is 11.2 Å². The van der Waals surface area contributed by atoms with Gasteiger partial charge in [-0.3, -0.25) is 18.6 Å². The molecule has 0 radical (unpaired) electrons. The second-order valence-electron chi connectivity index (χ2n) is 5.73. The van der Waals surface area contributed by atoms with Gasteiger partial charge in [-0.25, -0.2) is 13.2 Å². The zero-order chi connectivity index (χ0) is 20.2. The molecular formula is C14H17KN2O9S2. The molecule has 2 amide bonds. The van der Waals surface area contributed by atoms with E-state index in [2.05, 4.69) is 0 Å². The van der Waals surface area contributed by atoms with Crippen molar-refractivity contribution < 1.29 is 91.3 Å². The van der Waals surface area contributed by atoms with Gasteiger partial charge >= 0.3 is 57.5 Å². The first kappa shape index (κ1) is 25.5. The van der Waals surface area contributed by atoms with Gasteiger partial charge < -0.3 is 9.29 Å². The Morgan fingerprint density at radius 1 is 1.21 bits per heavy atom. The number of rotatable bonds is 6. The smallest absolute Gasteiger partial charge is 0.731 e. The molecule has 0 aromatic heterocycles. The average Bonchev–Trinajstić information content (AvgIpc) is 2.93. The van der Waals surface area contributed by atoms with Gasteiger partial charge in [0.15, 0.2) is 10.3 Å². The molecular weight excluding hydrogens is 443 g/mol. The Kier molecular flexibility index (Phi) is 9.50. The van der Waals surface area contributed by atoms with Crippen molar-refractivity contribution in [2.75, 3.05) is 12.8 Å². The number of amides is 2. The molecule has 1 aromatic carbocycles. The third-order valence-corrected chi connectivity index (χ3v) is 4.62. The van der Waals surface area contributed by atoms with Crippen molar-refractivity contribution in [2.45, 2.75) is 25.2 Å². The van der Waals surface area contributed by atoms with Crippen LogP contribution in [0.15, 0.2) is 30.3 Å². The zero-order valence-corrected chi connectivity index (χ0v) is 19.9. The Bertz CT molecular complexity index is 906. The Morgan fingerprint density at radius 3 is 2.36 bits per heavy atom. The monoisotopic (exact) mass is 460 g/mol. The van der Waals surface area contributed by atoms with Crippen molar-refractivity contribution in [3.05, 3.63) is 35.9 Å². The average molecular weight is 461 g/mol. The zero-order valence-electron chi connectivity index (χ0n) is 15.1. The first-order chi connectivity index (χ1) is 12.5. The van der Waals surface area contributed by atoms with Crippen molar-refractivity contribution in [3.63, 3.8) is 0 Å². The topological polar surface area (TPSA) is 159 Å². The van der Waals surface area contributed by atoms with Crippen molar-refractivity contribution in [2.24, 2.45) is 0 Å². The number of hydrogen-bond acceptors (Lipinski definition) is 9. The van der Waals surface area contributed by atoms with E-state index in [1.807, 2.05) is 0 Å². The number of hydrogen-bond donors (Lipinski definition) is 1. The summed E-state index contributed by atoms with van der Waals surface area (Å²) < 4.78 is 66.1. The van der Waals surface area contributed by atoms with Crippen LogP contribution in [-0.4, -0.2) is 63.2 Å². The van der Waals surface area contributed by atoms with Gasteiger partial charge in [0.1, 0.15) is 18.8 Å². The first-order valence-electron chi connectivity index (χ1n) is 7.59. The minimum absolute atomic E-state index is 0. The molecule has 1 heterocycles. The molecule has 0 bridgehead atoms. The van der Waals surface area contributed by atoms with Gasteiger partial charge in [-0.05, 0) is 12.0 Å². The van der Waals surface area contributed by atoms with E-state index in [-0.39, 0.29) is 71.0 Å². The number of carbonyl (C=O) groups excluding carboxylic acids is 2. The molecule has 2 atom stereocenters. The number of ether oxygens (including phenoxy) is 1. The molecule has 0 saturated carbocycles. The maximum absolute atomic E-state index is 12.3. The van der Waals surface area contributed by atoms with Crippen LogP contribution in [0.25, 0.3) is 0 Å². The predicted molar refractivity (Wildman–Crippen MR) is 89.3 cm³/mol. The van der Waals surface area contributed by atoms with E-state index in [4.69, 9.17) is 8.92 Å². The van der Waals surface area contributed by atoms with Crippen LogP contribution in [0.4, 0.5) is 4.79 Å². The Morgan fingerprint density at radius 2 is 1.82 bits per heavy atom. The summed E-state index contributed by atoms with van der Waals surface area (Å²) >= 11 is 0. The molecule has 0 aliphatic carbocycles. The number of nitrogens with zero attached hydrogens (tertiary/aromatic N) is 1. The summed E-state index contributed by atoms with van der Waals surface area (Å²) in [5.74, 6) is -1.38. The summed E-state index contributed by atoms with van der Waals surface area (Å²) in [6.45, 7) is -0.257. The first-order valence-corrected chi connectivity index (χ1v) is 10.8. The SMILES string of the molecule is CS(=O)(=O)O[C@H]1CCN(C(=O)OCc2ccccc2)[C@@H]1C(=O)NS(=O)(=O)[O-].[K+]. The molecule has 1 fully saturated rings. The van der Waals surface area contributed by atoms with Gasteiger partial charge in [0.25, 0.3) is 16.0 Å². The summed E-state index contributed by atoms with van der Waals surface area (Å²) in [7, 11) is -9.17. The number of carbonyl (C=O) groups is 2. The fourth-order valence-corrected chi connectivity index (χ4v) is 3.61. The van der Waals surface area contributed by atoms with E-state index in [0.29, 0.717) is 5.56 Å². The molecule has 1 aliphatic heterocycles. The van der Waals surface area contributed by atoms with Crippen LogP contribution in [0.5, 0.6) is 0 Å². The molecule has 0 unspecified atom stereocenters. The number of likely N-dealkylation sites (tertiary alicyclic amines) is 1. The van der Waals surface area contributed by atoms with Crippen molar-refractivity contribution in [3.8, 4) is 0 Å². The maximum Gasteiger partial charge on any atom is 1.00 e. The van der Waals surface area contributed by atoms with Gasteiger partial charge in [-0.15, -0.1) is 0 Å². The molecule has 1 N–H and O–H groups in total. The van der Waals surface area contributed by atoms with Crippen LogP contribution in [0.1, 0.15) is 12.0 Å². The Hall–Kier alpha value is -0.584. The third kappa shape index (κ3) is 8.04.